The van der Waals surface area contributed by atoms with E-state index >= 15 is 0 Å². The quantitative estimate of drug-likeness (QED) is 0.876. The number of aliphatic hydroxyl groups is 1. The summed E-state index contributed by atoms with van der Waals surface area (Å²) in [4.78, 5) is 2.07. The van der Waals surface area contributed by atoms with E-state index < -0.39 is 5.60 Å². The normalized spacial score (nSPS) is 14.8. The molecule has 0 radical (unpaired) electrons. The second kappa shape index (κ2) is 7.26. The Labute approximate surface area is 133 Å². The van der Waals surface area contributed by atoms with Gasteiger partial charge in [-0.3, -0.25) is 0 Å². The average molecular weight is 293 g/mol. The predicted octanol–water partition coefficient (Wildman–Crippen LogP) is 3.12. The predicted molar refractivity (Wildman–Crippen MR) is 91.4 cm³/mol. The fourth-order valence-corrected chi connectivity index (χ4v) is 2.54. The van der Waals surface area contributed by atoms with Crippen molar-refractivity contribution in [3.05, 3.63) is 71.8 Å². The molecule has 1 N–H and O–H groups in total. The van der Waals surface area contributed by atoms with Gasteiger partial charge >= 0.3 is 0 Å². The van der Waals surface area contributed by atoms with Crippen LogP contribution in [0.2, 0.25) is 0 Å². The summed E-state index contributed by atoms with van der Waals surface area (Å²) in [6.45, 7) is 2.79. The molecule has 2 nitrogen and oxygen atoms in total. The molecule has 0 spiro atoms. The zero-order chi connectivity index (χ0) is 16.0. The lowest BCUT2D eigenvalue weighted by atomic mass is 9.82. The Balaban J connectivity index is 2.40. The molecule has 0 aliphatic carbocycles. The van der Waals surface area contributed by atoms with Crippen molar-refractivity contribution in [1.82, 2.24) is 4.90 Å². The molecular weight excluding hydrogens is 270 g/mol. The van der Waals surface area contributed by atoms with E-state index in [4.69, 9.17) is 0 Å². The number of rotatable bonds is 4. The maximum absolute atomic E-state index is 11.3. The first-order valence-corrected chi connectivity index (χ1v) is 7.53. The summed E-state index contributed by atoms with van der Waals surface area (Å²) in [6, 6.07) is 19.5. The van der Waals surface area contributed by atoms with Crippen molar-refractivity contribution in [2.75, 3.05) is 20.6 Å². The molecule has 0 saturated heterocycles. The molecule has 22 heavy (non-hydrogen) atoms. The minimum atomic E-state index is -1.17. The Bertz CT molecular complexity index is 640. The van der Waals surface area contributed by atoms with Gasteiger partial charge in [0.15, 0.2) is 5.60 Å². The van der Waals surface area contributed by atoms with Crippen molar-refractivity contribution in [2.24, 2.45) is 5.92 Å². The van der Waals surface area contributed by atoms with Crippen molar-refractivity contribution >= 4 is 0 Å². The highest BCUT2D eigenvalue weighted by Crippen LogP contribution is 2.29. The van der Waals surface area contributed by atoms with E-state index in [-0.39, 0.29) is 5.92 Å². The molecule has 0 aromatic heterocycles. The van der Waals surface area contributed by atoms with Gasteiger partial charge in [0.05, 0.1) is 0 Å². The Morgan fingerprint density at radius 3 is 2.09 bits per heavy atom. The Morgan fingerprint density at radius 1 is 1.00 bits per heavy atom. The van der Waals surface area contributed by atoms with Gasteiger partial charge < -0.3 is 10.0 Å². The monoisotopic (exact) mass is 293 g/mol. The van der Waals surface area contributed by atoms with E-state index in [1.807, 2.05) is 81.7 Å². The molecule has 0 unspecified atom stereocenters. The fraction of sp³-hybridized carbons (Fsp3) is 0.300. The Hall–Kier alpha value is -2.08. The van der Waals surface area contributed by atoms with Crippen molar-refractivity contribution < 1.29 is 5.11 Å². The summed E-state index contributed by atoms with van der Waals surface area (Å²) < 4.78 is 0. The van der Waals surface area contributed by atoms with Crippen LogP contribution in [-0.4, -0.2) is 30.6 Å². The maximum Gasteiger partial charge on any atom is 0.155 e. The van der Waals surface area contributed by atoms with Gasteiger partial charge in [0.2, 0.25) is 0 Å². The molecule has 0 amide bonds. The van der Waals surface area contributed by atoms with Crippen LogP contribution in [0.5, 0.6) is 0 Å². The lowest BCUT2D eigenvalue weighted by molar-refractivity contribution is 0.0305. The lowest BCUT2D eigenvalue weighted by Crippen LogP contribution is -2.38. The largest absolute Gasteiger partial charge is 0.373 e. The molecule has 2 heteroatoms. The van der Waals surface area contributed by atoms with Crippen LogP contribution in [0.25, 0.3) is 0 Å². The van der Waals surface area contributed by atoms with E-state index in [0.29, 0.717) is 0 Å². The molecule has 0 aliphatic rings. The molecule has 2 aromatic carbocycles. The van der Waals surface area contributed by atoms with Gasteiger partial charge in [-0.25, -0.2) is 0 Å². The summed E-state index contributed by atoms with van der Waals surface area (Å²) in [6.07, 6.45) is 0. The second-order valence-corrected chi connectivity index (χ2v) is 5.91. The average Bonchev–Trinajstić information content (AvgIpc) is 2.53. The van der Waals surface area contributed by atoms with Gasteiger partial charge in [-0.2, -0.15) is 0 Å². The smallest absolute Gasteiger partial charge is 0.155 e. The van der Waals surface area contributed by atoms with E-state index in [1.54, 1.807) is 0 Å². The standard InChI is InChI=1S/C20H23NO/c1-17(16-21(2)3)20(22,19-12-8-5-9-13-19)15-14-18-10-6-4-7-11-18/h4-13,17,22H,16H2,1-3H3/t17-,20-/m0/s1. The van der Waals surface area contributed by atoms with Crippen LogP contribution in [0.15, 0.2) is 60.7 Å². The van der Waals surface area contributed by atoms with Crippen LogP contribution in [0.4, 0.5) is 0 Å². The van der Waals surface area contributed by atoms with Crippen molar-refractivity contribution in [2.45, 2.75) is 12.5 Å². The first-order chi connectivity index (χ1) is 10.5. The number of hydrogen-bond donors (Lipinski definition) is 1. The van der Waals surface area contributed by atoms with Gasteiger partial charge in [-0.05, 0) is 31.8 Å². The molecule has 0 aliphatic heterocycles. The van der Waals surface area contributed by atoms with Gasteiger partial charge in [-0.15, -0.1) is 0 Å². The topological polar surface area (TPSA) is 23.5 Å². The molecule has 0 heterocycles. The third kappa shape index (κ3) is 3.98. The number of hydrogen-bond acceptors (Lipinski definition) is 2. The Morgan fingerprint density at radius 2 is 1.55 bits per heavy atom. The van der Waals surface area contributed by atoms with Gasteiger partial charge in [0.25, 0.3) is 0 Å². The van der Waals surface area contributed by atoms with Crippen molar-refractivity contribution in [1.29, 1.82) is 0 Å². The van der Waals surface area contributed by atoms with Crippen molar-refractivity contribution in [3.8, 4) is 11.8 Å². The van der Waals surface area contributed by atoms with Crippen LogP contribution in [0.3, 0.4) is 0 Å². The highest BCUT2D eigenvalue weighted by Gasteiger charge is 2.34. The molecule has 2 rings (SSSR count). The molecule has 0 fully saturated rings. The van der Waals surface area contributed by atoms with Crippen LogP contribution < -0.4 is 0 Å². The summed E-state index contributed by atoms with van der Waals surface area (Å²) in [5.74, 6) is 6.22. The Kier molecular flexibility index (Phi) is 5.38. The molecule has 114 valence electrons. The highest BCUT2D eigenvalue weighted by molar-refractivity contribution is 5.40. The summed E-state index contributed by atoms with van der Waals surface area (Å²) in [5, 5.41) is 11.3. The zero-order valence-electron chi connectivity index (χ0n) is 13.5. The zero-order valence-corrected chi connectivity index (χ0v) is 13.5. The highest BCUT2D eigenvalue weighted by atomic mass is 16.3. The number of benzene rings is 2. The third-order valence-corrected chi connectivity index (χ3v) is 3.74. The third-order valence-electron chi connectivity index (χ3n) is 3.74. The maximum atomic E-state index is 11.3. The molecule has 2 atom stereocenters. The summed E-state index contributed by atoms with van der Waals surface area (Å²) in [5.41, 5.74) is 0.586. The van der Waals surface area contributed by atoms with E-state index in [2.05, 4.69) is 16.7 Å². The lowest BCUT2D eigenvalue weighted by Gasteiger charge is -2.31. The van der Waals surface area contributed by atoms with E-state index in [1.165, 1.54) is 0 Å². The van der Waals surface area contributed by atoms with Gasteiger partial charge in [0.1, 0.15) is 0 Å². The first-order valence-electron chi connectivity index (χ1n) is 7.53. The van der Waals surface area contributed by atoms with Crippen LogP contribution in [0.1, 0.15) is 18.1 Å². The SMILES string of the molecule is C[C@@H](CN(C)C)[C@@](O)(C#Cc1ccccc1)c1ccccc1. The number of nitrogens with zero attached hydrogens (tertiary/aromatic N) is 1. The second-order valence-electron chi connectivity index (χ2n) is 5.91. The molecule has 0 bridgehead atoms. The summed E-state index contributed by atoms with van der Waals surface area (Å²) in [7, 11) is 4.01. The van der Waals surface area contributed by atoms with Gasteiger partial charge in [0, 0.05) is 18.0 Å². The molecule has 2 aromatic rings. The first kappa shape index (κ1) is 16.3. The van der Waals surface area contributed by atoms with Crippen LogP contribution in [0, 0.1) is 17.8 Å². The molecule has 0 saturated carbocycles. The minimum absolute atomic E-state index is 0.0129. The van der Waals surface area contributed by atoms with Crippen LogP contribution >= 0.6 is 0 Å². The van der Waals surface area contributed by atoms with E-state index in [9.17, 15) is 5.11 Å². The fourth-order valence-electron chi connectivity index (χ4n) is 2.54. The van der Waals surface area contributed by atoms with Gasteiger partial charge in [-0.1, -0.05) is 67.3 Å². The molecular formula is C20H23NO. The minimum Gasteiger partial charge on any atom is -0.373 e. The van der Waals surface area contributed by atoms with Crippen LogP contribution in [-0.2, 0) is 5.60 Å². The summed E-state index contributed by atoms with van der Waals surface area (Å²) >= 11 is 0. The van der Waals surface area contributed by atoms with E-state index in [0.717, 1.165) is 17.7 Å². The van der Waals surface area contributed by atoms with Crippen molar-refractivity contribution in [3.63, 3.8) is 0 Å².